The summed E-state index contributed by atoms with van der Waals surface area (Å²) < 4.78 is 35.7. The van der Waals surface area contributed by atoms with Crippen molar-refractivity contribution in [3.8, 4) is 0 Å². The third-order valence-electron chi connectivity index (χ3n) is 3.34. The first kappa shape index (κ1) is 15.2. The maximum absolute atomic E-state index is 11.9. The Bertz CT molecular complexity index is 200. The minimum Gasteiger partial charge on any atom is -0.313 e. The van der Waals surface area contributed by atoms with Crippen LogP contribution in [0.5, 0.6) is 0 Å². The van der Waals surface area contributed by atoms with Crippen LogP contribution in [0.1, 0.15) is 45.4 Å². The van der Waals surface area contributed by atoms with Gasteiger partial charge in [0, 0.05) is 18.3 Å². The molecule has 0 aromatic carbocycles. The Morgan fingerprint density at radius 3 is 2.35 bits per heavy atom. The summed E-state index contributed by atoms with van der Waals surface area (Å²) in [6.45, 7) is 2.67. The second-order valence-corrected chi connectivity index (χ2v) is 5.91. The van der Waals surface area contributed by atoms with Crippen LogP contribution in [-0.2, 0) is 0 Å². The SMILES string of the molecule is CCCC1CCC(NCCSC(F)(F)F)CC1. The van der Waals surface area contributed by atoms with Crippen LogP contribution in [0, 0.1) is 5.92 Å². The summed E-state index contributed by atoms with van der Waals surface area (Å²) >= 11 is 0.0683. The number of hydrogen-bond acceptors (Lipinski definition) is 2. The molecule has 0 unspecified atom stereocenters. The molecule has 0 heterocycles. The van der Waals surface area contributed by atoms with E-state index in [2.05, 4.69) is 12.2 Å². The molecule has 0 spiro atoms. The van der Waals surface area contributed by atoms with E-state index in [-0.39, 0.29) is 17.5 Å². The van der Waals surface area contributed by atoms with Crippen LogP contribution in [0.2, 0.25) is 0 Å². The smallest absolute Gasteiger partial charge is 0.313 e. The molecule has 1 aliphatic carbocycles. The molecule has 1 nitrogen and oxygen atoms in total. The zero-order chi connectivity index (χ0) is 12.7. The maximum atomic E-state index is 11.9. The van der Waals surface area contributed by atoms with Crippen LogP contribution in [0.3, 0.4) is 0 Å². The molecule has 0 aromatic rings. The van der Waals surface area contributed by atoms with Gasteiger partial charge in [0.1, 0.15) is 0 Å². The molecular weight excluding hydrogens is 247 g/mol. The summed E-state index contributed by atoms with van der Waals surface area (Å²) in [7, 11) is 0. The van der Waals surface area contributed by atoms with Crippen molar-refractivity contribution < 1.29 is 13.2 Å². The molecule has 1 rings (SSSR count). The van der Waals surface area contributed by atoms with Gasteiger partial charge in [0.25, 0.3) is 0 Å². The van der Waals surface area contributed by atoms with Gasteiger partial charge in [0.2, 0.25) is 0 Å². The Morgan fingerprint density at radius 2 is 1.82 bits per heavy atom. The minimum atomic E-state index is -4.08. The predicted octanol–water partition coefficient (Wildman–Crippen LogP) is 4.19. The molecule has 0 saturated heterocycles. The van der Waals surface area contributed by atoms with Gasteiger partial charge in [-0.05, 0) is 43.4 Å². The zero-order valence-corrected chi connectivity index (χ0v) is 11.2. The first-order chi connectivity index (χ1) is 8.01. The number of rotatable bonds is 6. The summed E-state index contributed by atoms with van der Waals surface area (Å²) in [5.41, 5.74) is -4.08. The summed E-state index contributed by atoms with van der Waals surface area (Å²) in [6.07, 6.45) is 7.26. The molecule has 0 bridgehead atoms. The van der Waals surface area contributed by atoms with Gasteiger partial charge in [-0.15, -0.1) is 0 Å². The van der Waals surface area contributed by atoms with Gasteiger partial charge < -0.3 is 5.32 Å². The van der Waals surface area contributed by atoms with E-state index in [1.807, 2.05) is 0 Å². The van der Waals surface area contributed by atoms with Crippen molar-refractivity contribution in [2.75, 3.05) is 12.3 Å². The quantitative estimate of drug-likeness (QED) is 0.726. The Kier molecular flexibility index (Phi) is 6.70. The van der Waals surface area contributed by atoms with E-state index in [9.17, 15) is 13.2 Å². The number of alkyl halides is 3. The third-order valence-corrected chi connectivity index (χ3v) is 4.08. The van der Waals surface area contributed by atoms with Crippen LogP contribution in [0.25, 0.3) is 0 Å². The number of halogens is 3. The van der Waals surface area contributed by atoms with Crippen LogP contribution < -0.4 is 5.32 Å². The molecule has 1 saturated carbocycles. The second-order valence-electron chi connectivity index (χ2n) is 4.75. The second kappa shape index (κ2) is 7.52. The lowest BCUT2D eigenvalue weighted by atomic mass is 9.83. The summed E-state index contributed by atoms with van der Waals surface area (Å²) in [5.74, 6) is 0.973. The monoisotopic (exact) mass is 269 g/mol. The van der Waals surface area contributed by atoms with Gasteiger partial charge >= 0.3 is 5.51 Å². The van der Waals surface area contributed by atoms with Crippen LogP contribution in [0.15, 0.2) is 0 Å². The summed E-state index contributed by atoms with van der Waals surface area (Å²) in [6, 6.07) is 0.442. The van der Waals surface area contributed by atoms with Crippen molar-refractivity contribution in [3.05, 3.63) is 0 Å². The Balaban J connectivity index is 2.02. The van der Waals surface area contributed by atoms with Gasteiger partial charge in [-0.3, -0.25) is 0 Å². The molecule has 0 aromatic heterocycles. The first-order valence-electron chi connectivity index (χ1n) is 6.45. The van der Waals surface area contributed by atoms with Crippen LogP contribution in [0.4, 0.5) is 13.2 Å². The fourth-order valence-corrected chi connectivity index (χ4v) is 2.94. The standard InChI is InChI=1S/C12H22F3NS/c1-2-3-10-4-6-11(7-5-10)16-8-9-17-12(13,14)15/h10-11,16H,2-9H2,1H3. The van der Waals surface area contributed by atoms with Crippen molar-refractivity contribution in [2.24, 2.45) is 5.92 Å². The molecule has 1 N–H and O–H groups in total. The zero-order valence-electron chi connectivity index (χ0n) is 10.4. The molecule has 1 fully saturated rings. The van der Waals surface area contributed by atoms with E-state index >= 15 is 0 Å². The van der Waals surface area contributed by atoms with Gasteiger partial charge in [0.05, 0.1) is 0 Å². The lowest BCUT2D eigenvalue weighted by molar-refractivity contribution is -0.0327. The molecule has 1 aliphatic rings. The number of hydrogen-bond donors (Lipinski definition) is 1. The molecule has 0 atom stereocenters. The van der Waals surface area contributed by atoms with Crippen LogP contribution in [-0.4, -0.2) is 23.8 Å². The fraction of sp³-hybridized carbons (Fsp3) is 1.00. The third kappa shape index (κ3) is 7.19. The van der Waals surface area contributed by atoms with E-state index < -0.39 is 5.51 Å². The van der Waals surface area contributed by atoms with Crippen molar-refractivity contribution in [1.29, 1.82) is 0 Å². The van der Waals surface area contributed by atoms with Gasteiger partial charge in [-0.1, -0.05) is 19.8 Å². The lowest BCUT2D eigenvalue weighted by Gasteiger charge is -2.29. The largest absolute Gasteiger partial charge is 0.441 e. The van der Waals surface area contributed by atoms with Gasteiger partial charge in [-0.25, -0.2) is 0 Å². The normalized spacial score (nSPS) is 26.1. The van der Waals surface area contributed by atoms with E-state index in [0.717, 1.165) is 18.8 Å². The van der Waals surface area contributed by atoms with Gasteiger partial charge in [0.15, 0.2) is 0 Å². The molecule has 17 heavy (non-hydrogen) atoms. The van der Waals surface area contributed by atoms with Gasteiger partial charge in [-0.2, -0.15) is 13.2 Å². The Hall–Kier alpha value is 0.100. The van der Waals surface area contributed by atoms with Crippen LogP contribution >= 0.6 is 11.8 Å². The Labute approximate surface area is 106 Å². The Morgan fingerprint density at radius 1 is 1.18 bits per heavy atom. The number of nitrogens with one attached hydrogen (secondary N) is 1. The molecule has 102 valence electrons. The van der Waals surface area contributed by atoms with Crippen molar-refractivity contribution in [1.82, 2.24) is 5.32 Å². The summed E-state index contributed by atoms with van der Waals surface area (Å²) in [5, 5.41) is 3.24. The highest BCUT2D eigenvalue weighted by molar-refractivity contribution is 8.00. The highest BCUT2D eigenvalue weighted by Crippen LogP contribution is 2.30. The first-order valence-corrected chi connectivity index (χ1v) is 7.44. The number of thioether (sulfide) groups is 1. The molecule has 0 radical (unpaired) electrons. The lowest BCUT2D eigenvalue weighted by Crippen LogP contribution is -2.34. The maximum Gasteiger partial charge on any atom is 0.441 e. The molecule has 0 amide bonds. The predicted molar refractivity (Wildman–Crippen MR) is 67.2 cm³/mol. The highest BCUT2D eigenvalue weighted by Gasteiger charge is 2.27. The van der Waals surface area contributed by atoms with Crippen molar-refractivity contribution >= 4 is 11.8 Å². The fourth-order valence-electron chi connectivity index (χ4n) is 2.49. The molecular formula is C12H22F3NS. The average Bonchev–Trinajstić information content (AvgIpc) is 2.26. The topological polar surface area (TPSA) is 12.0 Å². The van der Waals surface area contributed by atoms with Crippen molar-refractivity contribution in [2.45, 2.75) is 57.0 Å². The van der Waals surface area contributed by atoms with E-state index in [1.165, 1.54) is 25.7 Å². The molecule has 0 aliphatic heterocycles. The van der Waals surface area contributed by atoms with E-state index in [1.54, 1.807) is 0 Å². The minimum absolute atomic E-state index is 0.0683. The highest BCUT2D eigenvalue weighted by atomic mass is 32.2. The average molecular weight is 269 g/mol. The van der Waals surface area contributed by atoms with E-state index in [4.69, 9.17) is 0 Å². The van der Waals surface area contributed by atoms with E-state index in [0.29, 0.717) is 12.6 Å². The summed E-state index contributed by atoms with van der Waals surface area (Å²) in [4.78, 5) is 0. The molecule has 5 heteroatoms. The van der Waals surface area contributed by atoms with Crippen molar-refractivity contribution in [3.63, 3.8) is 0 Å².